The first-order valence-corrected chi connectivity index (χ1v) is 7.41. The van der Waals surface area contributed by atoms with Crippen LogP contribution in [0.25, 0.3) is 0 Å². The first kappa shape index (κ1) is 14.0. The number of ether oxygens (including phenoxy) is 2. The average molecular weight is 254 g/mol. The van der Waals surface area contributed by atoms with Gasteiger partial charge in [0.2, 0.25) is 0 Å². The number of ketones is 1. The number of methoxy groups -OCH3 is 1. The van der Waals surface area contributed by atoms with Gasteiger partial charge in [0.15, 0.2) is 0 Å². The van der Waals surface area contributed by atoms with E-state index in [0.29, 0.717) is 18.8 Å². The maximum absolute atomic E-state index is 12.2. The smallest absolute Gasteiger partial charge is 0.136 e. The van der Waals surface area contributed by atoms with Crippen molar-refractivity contribution in [3.8, 4) is 0 Å². The summed E-state index contributed by atoms with van der Waals surface area (Å²) in [5.74, 6) is 0.675. The molecule has 0 N–H and O–H groups in total. The summed E-state index contributed by atoms with van der Waals surface area (Å²) in [5, 5.41) is 0. The van der Waals surface area contributed by atoms with Crippen LogP contribution in [0.2, 0.25) is 0 Å². The number of carbonyl (C=O) groups is 1. The molecule has 18 heavy (non-hydrogen) atoms. The van der Waals surface area contributed by atoms with Gasteiger partial charge in [-0.05, 0) is 32.1 Å². The summed E-state index contributed by atoms with van der Waals surface area (Å²) in [6, 6.07) is 0. The summed E-state index contributed by atoms with van der Waals surface area (Å²) in [6.45, 7) is 1.47. The summed E-state index contributed by atoms with van der Waals surface area (Å²) >= 11 is 0. The molecule has 0 aromatic heterocycles. The molecule has 3 heteroatoms. The number of hydrogen-bond donors (Lipinski definition) is 0. The predicted octanol–water partition coefficient (Wildman–Crippen LogP) is 3.11. The van der Waals surface area contributed by atoms with E-state index in [2.05, 4.69) is 0 Å². The van der Waals surface area contributed by atoms with Crippen LogP contribution in [0.4, 0.5) is 0 Å². The molecule has 1 aliphatic heterocycles. The Balaban J connectivity index is 1.83. The molecular formula is C15H26O3. The van der Waals surface area contributed by atoms with Gasteiger partial charge in [-0.15, -0.1) is 0 Å². The van der Waals surface area contributed by atoms with Crippen LogP contribution in [0.1, 0.15) is 57.8 Å². The normalized spacial score (nSPS) is 27.3. The highest BCUT2D eigenvalue weighted by molar-refractivity contribution is 5.81. The molecule has 1 atom stereocenters. The van der Waals surface area contributed by atoms with Gasteiger partial charge in [0.1, 0.15) is 5.78 Å². The Bertz CT molecular complexity index is 263. The van der Waals surface area contributed by atoms with E-state index in [9.17, 15) is 4.79 Å². The van der Waals surface area contributed by atoms with Crippen LogP contribution in [0.15, 0.2) is 0 Å². The minimum atomic E-state index is 0.0537. The third-order valence-electron chi connectivity index (χ3n) is 4.48. The number of hydrogen-bond acceptors (Lipinski definition) is 3. The standard InChI is InChI=1S/C15H26O3/c1-17-10-5-6-14(16)13-7-11-18-15(12-13)8-3-2-4-9-15/h13H,2-12H2,1H3. The molecule has 0 amide bonds. The molecule has 1 heterocycles. The molecule has 1 saturated heterocycles. The van der Waals surface area contributed by atoms with Crippen LogP contribution in [-0.4, -0.2) is 31.7 Å². The van der Waals surface area contributed by atoms with Crippen molar-refractivity contribution in [3.05, 3.63) is 0 Å². The fourth-order valence-corrected chi connectivity index (χ4v) is 3.44. The van der Waals surface area contributed by atoms with Crippen molar-refractivity contribution >= 4 is 5.78 Å². The molecule has 1 spiro atoms. The van der Waals surface area contributed by atoms with Crippen LogP contribution >= 0.6 is 0 Å². The summed E-state index contributed by atoms with van der Waals surface area (Å²) in [4.78, 5) is 12.2. The molecule has 1 saturated carbocycles. The zero-order valence-electron chi connectivity index (χ0n) is 11.6. The van der Waals surface area contributed by atoms with Crippen LogP contribution in [0.3, 0.4) is 0 Å². The zero-order valence-corrected chi connectivity index (χ0v) is 11.6. The van der Waals surface area contributed by atoms with Gasteiger partial charge in [0, 0.05) is 32.7 Å². The van der Waals surface area contributed by atoms with Crippen LogP contribution in [0, 0.1) is 5.92 Å². The van der Waals surface area contributed by atoms with Crippen LogP contribution in [-0.2, 0) is 14.3 Å². The molecule has 3 nitrogen and oxygen atoms in total. The van der Waals surface area contributed by atoms with Crippen molar-refractivity contribution in [1.82, 2.24) is 0 Å². The van der Waals surface area contributed by atoms with Gasteiger partial charge in [-0.1, -0.05) is 19.3 Å². The molecule has 2 fully saturated rings. The first-order valence-electron chi connectivity index (χ1n) is 7.41. The molecule has 2 rings (SSSR count). The average Bonchev–Trinajstić information content (AvgIpc) is 2.40. The topological polar surface area (TPSA) is 35.5 Å². The Kier molecular flexibility index (Phi) is 5.19. The molecule has 0 aromatic rings. The fraction of sp³-hybridized carbons (Fsp3) is 0.933. The third kappa shape index (κ3) is 3.55. The van der Waals surface area contributed by atoms with Crippen molar-refractivity contribution in [2.24, 2.45) is 5.92 Å². The van der Waals surface area contributed by atoms with E-state index in [1.165, 1.54) is 19.3 Å². The van der Waals surface area contributed by atoms with Gasteiger partial charge in [-0.2, -0.15) is 0 Å². The van der Waals surface area contributed by atoms with Crippen molar-refractivity contribution in [3.63, 3.8) is 0 Å². The molecule has 104 valence electrons. The van der Waals surface area contributed by atoms with E-state index in [1.54, 1.807) is 7.11 Å². The van der Waals surface area contributed by atoms with Crippen molar-refractivity contribution < 1.29 is 14.3 Å². The number of carbonyl (C=O) groups excluding carboxylic acids is 1. The Hall–Kier alpha value is -0.410. The van der Waals surface area contributed by atoms with Gasteiger partial charge >= 0.3 is 0 Å². The lowest BCUT2D eigenvalue weighted by Gasteiger charge is -2.43. The Morgan fingerprint density at radius 2 is 2.11 bits per heavy atom. The van der Waals surface area contributed by atoms with E-state index in [1.807, 2.05) is 0 Å². The van der Waals surface area contributed by atoms with E-state index in [0.717, 1.165) is 38.7 Å². The summed E-state index contributed by atoms with van der Waals surface area (Å²) in [5.41, 5.74) is 0.0537. The fourth-order valence-electron chi connectivity index (χ4n) is 3.44. The van der Waals surface area contributed by atoms with Gasteiger partial charge < -0.3 is 9.47 Å². The lowest BCUT2D eigenvalue weighted by molar-refractivity contribution is -0.143. The van der Waals surface area contributed by atoms with Crippen LogP contribution < -0.4 is 0 Å². The maximum Gasteiger partial charge on any atom is 0.136 e. The van der Waals surface area contributed by atoms with Crippen molar-refractivity contribution in [1.29, 1.82) is 0 Å². The SMILES string of the molecule is COCCCC(=O)C1CCOC2(CCCCC2)C1. The van der Waals surface area contributed by atoms with Gasteiger partial charge in [0.05, 0.1) is 5.60 Å². The summed E-state index contributed by atoms with van der Waals surface area (Å²) < 4.78 is 11.0. The van der Waals surface area contributed by atoms with E-state index in [4.69, 9.17) is 9.47 Å². The molecule has 1 unspecified atom stereocenters. The monoisotopic (exact) mass is 254 g/mol. The van der Waals surface area contributed by atoms with Gasteiger partial charge in [-0.3, -0.25) is 4.79 Å². The van der Waals surface area contributed by atoms with Gasteiger partial charge in [0.25, 0.3) is 0 Å². The lowest BCUT2D eigenvalue weighted by atomic mass is 9.74. The first-order chi connectivity index (χ1) is 8.76. The predicted molar refractivity (Wildman–Crippen MR) is 70.6 cm³/mol. The quantitative estimate of drug-likeness (QED) is 0.707. The largest absolute Gasteiger partial charge is 0.385 e. The van der Waals surface area contributed by atoms with E-state index >= 15 is 0 Å². The summed E-state index contributed by atoms with van der Waals surface area (Å²) in [7, 11) is 1.69. The zero-order chi connectivity index (χ0) is 12.8. The molecular weight excluding hydrogens is 228 g/mol. The molecule has 0 radical (unpaired) electrons. The molecule has 2 aliphatic rings. The highest BCUT2D eigenvalue weighted by atomic mass is 16.5. The van der Waals surface area contributed by atoms with Crippen LogP contribution in [0.5, 0.6) is 0 Å². The highest BCUT2D eigenvalue weighted by Gasteiger charge is 2.40. The second kappa shape index (κ2) is 6.67. The minimum absolute atomic E-state index is 0.0537. The third-order valence-corrected chi connectivity index (χ3v) is 4.48. The minimum Gasteiger partial charge on any atom is -0.385 e. The second-order valence-corrected chi connectivity index (χ2v) is 5.84. The molecule has 1 aliphatic carbocycles. The van der Waals surface area contributed by atoms with E-state index in [-0.39, 0.29) is 11.5 Å². The maximum atomic E-state index is 12.2. The second-order valence-electron chi connectivity index (χ2n) is 5.84. The molecule has 0 aromatic carbocycles. The van der Waals surface area contributed by atoms with E-state index < -0.39 is 0 Å². The Morgan fingerprint density at radius 3 is 2.83 bits per heavy atom. The number of rotatable bonds is 5. The molecule has 0 bridgehead atoms. The number of Topliss-reactive ketones (excluding diaryl/α,β-unsaturated/α-hetero) is 1. The van der Waals surface area contributed by atoms with Crippen molar-refractivity contribution in [2.45, 2.75) is 63.4 Å². The highest BCUT2D eigenvalue weighted by Crippen LogP contribution is 2.41. The van der Waals surface area contributed by atoms with Gasteiger partial charge in [-0.25, -0.2) is 0 Å². The Labute approximate surface area is 110 Å². The Morgan fingerprint density at radius 1 is 1.33 bits per heavy atom. The van der Waals surface area contributed by atoms with Crippen molar-refractivity contribution in [2.75, 3.05) is 20.3 Å². The summed E-state index contributed by atoms with van der Waals surface area (Å²) in [6.07, 6.45) is 9.62. The lowest BCUT2D eigenvalue weighted by Crippen LogP contribution is -2.43.